The molecule has 1 amide bonds. The van der Waals surface area contributed by atoms with Crippen molar-refractivity contribution in [3.8, 4) is 0 Å². The number of carbonyl (C=O) groups is 1. The van der Waals surface area contributed by atoms with Gasteiger partial charge in [-0.25, -0.2) is 4.79 Å². The van der Waals surface area contributed by atoms with E-state index in [0.717, 1.165) is 38.6 Å². The number of benzene rings is 1. The number of nitrogens with zero attached hydrogens (tertiary/aromatic N) is 1. The van der Waals surface area contributed by atoms with Crippen molar-refractivity contribution in [2.24, 2.45) is 5.92 Å². The number of amides is 1. The van der Waals surface area contributed by atoms with E-state index in [9.17, 15) is 9.90 Å². The van der Waals surface area contributed by atoms with Crippen LogP contribution in [0.15, 0.2) is 30.3 Å². The van der Waals surface area contributed by atoms with Gasteiger partial charge >= 0.3 is 6.09 Å². The van der Waals surface area contributed by atoms with Gasteiger partial charge in [0.1, 0.15) is 0 Å². The van der Waals surface area contributed by atoms with E-state index in [2.05, 4.69) is 43.4 Å². The second kappa shape index (κ2) is 6.52. The number of hydrogen-bond donors (Lipinski definition) is 2. The van der Waals surface area contributed by atoms with Crippen LogP contribution in [0.2, 0.25) is 0 Å². The van der Waals surface area contributed by atoms with Crippen molar-refractivity contribution in [2.45, 2.75) is 70.1 Å². The van der Waals surface area contributed by atoms with Crippen molar-refractivity contribution in [3.05, 3.63) is 35.9 Å². The quantitative estimate of drug-likeness (QED) is 0.867. The van der Waals surface area contributed by atoms with Gasteiger partial charge in [-0.15, -0.1) is 0 Å². The number of piperidine rings is 1. The van der Waals surface area contributed by atoms with Gasteiger partial charge in [-0.3, -0.25) is 4.90 Å². The maximum atomic E-state index is 11.8. The van der Waals surface area contributed by atoms with Crippen molar-refractivity contribution in [1.29, 1.82) is 0 Å². The van der Waals surface area contributed by atoms with Gasteiger partial charge in [0.15, 0.2) is 0 Å². The Labute approximate surface area is 138 Å². The summed E-state index contributed by atoms with van der Waals surface area (Å²) in [5.74, 6) is 0.517. The van der Waals surface area contributed by atoms with Gasteiger partial charge in [0.25, 0.3) is 0 Å². The molecule has 2 saturated heterocycles. The molecule has 3 unspecified atom stereocenters. The number of nitrogens with one attached hydrogen (secondary N) is 1. The summed E-state index contributed by atoms with van der Waals surface area (Å²) in [4.78, 5) is 13.6. The molecule has 0 saturated carbocycles. The Kier molecular flexibility index (Phi) is 4.62. The topological polar surface area (TPSA) is 52.6 Å². The van der Waals surface area contributed by atoms with Crippen molar-refractivity contribution in [3.63, 3.8) is 0 Å². The van der Waals surface area contributed by atoms with Crippen LogP contribution < -0.4 is 5.32 Å². The molecule has 126 valence electrons. The third kappa shape index (κ3) is 3.37. The summed E-state index contributed by atoms with van der Waals surface area (Å²) >= 11 is 0. The summed E-state index contributed by atoms with van der Waals surface area (Å²) in [5, 5.41) is 13.4. The minimum Gasteiger partial charge on any atom is -0.465 e. The summed E-state index contributed by atoms with van der Waals surface area (Å²) in [6, 6.07) is 11.0. The maximum Gasteiger partial charge on any atom is 0.408 e. The van der Waals surface area contributed by atoms with Gasteiger partial charge in [-0.1, -0.05) is 44.2 Å². The second-order valence-electron chi connectivity index (χ2n) is 7.67. The lowest BCUT2D eigenvalue weighted by Gasteiger charge is -2.47. The second-order valence-corrected chi connectivity index (χ2v) is 7.67. The first-order valence-electron chi connectivity index (χ1n) is 8.80. The van der Waals surface area contributed by atoms with E-state index in [1.807, 2.05) is 6.07 Å². The first kappa shape index (κ1) is 16.3. The van der Waals surface area contributed by atoms with Gasteiger partial charge in [-0.05, 0) is 43.6 Å². The number of rotatable bonds is 5. The van der Waals surface area contributed by atoms with Crippen molar-refractivity contribution in [1.82, 2.24) is 10.2 Å². The summed E-state index contributed by atoms with van der Waals surface area (Å²) < 4.78 is 0. The van der Waals surface area contributed by atoms with Crippen LogP contribution in [0.3, 0.4) is 0 Å². The summed E-state index contributed by atoms with van der Waals surface area (Å²) in [5.41, 5.74) is 1.13. The van der Waals surface area contributed by atoms with Crippen molar-refractivity contribution >= 4 is 6.09 Å². The van der Waals surface area contributed by atoms with Gasteiger partial charge < -0.3 is 10.4 Å². The Bertz CT molecular complexity index is 546. The molecule has 2 bridgehead atoms. The Hall–Kier alpha value is -1.55. The average molecular weight is 316 g/mol. The van der Waals surface area contributed by atoms with Crippen LogP contribution in [0.4, 0.5) is 4.79 Å². The van der Waals surface area contributed by atoms with E-state index in [1.165, 1.54) is 5.56 Å². The molecule has 2 heterocycles. The van der Waals surface area contributed by atoms with E-state index in [4.69, 9.17) is 0 Å². The van der Waals surface area contributed by atoms with Crippen LogP contribution in [-0.4, -0.2) is 33.7 Å². The zero-order chi connectivity index (χ0) is 16.4. The number of fused-ring (bicyclic) bond motifs is 2. The molecule has 1 aromatic rings. The molecule has 3 atom stereocenters. The van der Waals surface area contributed by atoms with E-state index < -0.39 is 6.09 Å². The molecule has 2 fully saturated rings. The van der Waals surface area contributed by atoms with Crippen LogP contribution in [0.5, 0.6) is 0 Å². The maximum absolute atomic E-state index is 11.8. The highest BCUT2D eigenvalue weighted by atomic mass is 16.4. The lowest BCUT2D eigenvalue weighted by molar-refractivity contribution is 0.0275. The monoisotopic (exact) mass is 316 g/mol. The fourth-order valence-electron chi connectivity index (χ4n) is 4.78. The van der Waals surface area contributed by atoms with Gasteiger partial charge in [0, 0.05) is 24.2 Å². The molecule has 2 aliphatic rings. The summed E-state index contributed by atoms with van der Waals surface area (Å²) in [7, 11) is 0. The van der Waals surface area contributed by atoms with Crippen molar-refractivity contribution < 1.29 is 9.90 Å². The van der Waals surface area contributed by atoms with Gasteiger partial charge in [0.2, 0.25) is 0 Å². The molecule has 3 rings (SSSR count). The van der Waals surface area contributed by atoms with Crippen LogP contribution in [0, 0.1) is 5.92 Å². The molecular weight excluding hydrogens is 288 g/mol. The van der Waals surface area contributed by atoms with Gasteiger partial charge in [0.05, 0.1) is 0 Å². The standard InChI is InChI=1S/C19H28N2O2/c1-14(2)11-19-9-8-17(21(19)18(22)23)10-16(12-19)20-13-15-6-4-3-5-7-15/h3-7,14,16-17,20H,8-13H2,1-2H3,(H,22,23). The Morgan fingerprint density at radius 3 is 2.78 bits per heavy atom. The van der Waals surface area contributed by atoms with Crippen LogP contribution >= 0.6 is 0 Å². The smallest absolute Gasteiger partial charge is 0.408 e. The van der Waals surface area contributed by atoms with E-state index in [1.54, 1.807) is 4.90 Å². The molecule has 0 aliphatic carbocycles. The van der Waals surface area contributed by atoms with E-state index in [-0.39, 0.29) is 11.6 Å². The number of hydrogen-bond acceptors (Lipinski definition) is 2. The third-order valence-corrected chi connectivity index (χ3v) is 5.43. The van der Waals surface area contributed by atoms with Crippen LogP contribution in [0.1, 0.15) is 51.5 Å². The minimum atomic E-state index is -0.727. The molecule has 1 aromatic carbocycles. The summed E-state index contributed by atoms with van der Waals surface area (Å²) in [6.45, 7) is 5.26. The first-order valence-corrected chi connectivity index (χ1v) is 8.80. The minimum absolute atomic E-state index is 0.155. The molecule has 4 heteroatoms. The van der Waals surface area contributed by atoms with E-state index >= 15 is 0 Å². The predicted octanol–water partition coefficient (Wildman–Crippen LogP) is 3.87. The first-order chi connectivity index (χ1) is 11.0. The normalized spacial score (nSPS) is 30.0. The molecule has 23 heavy (non-hydrogen) atoms. The molecule has 2 N–H and O–H groups in total. The summed E-state index contributed by atoms with van der Waals surface area (Å²) in [6.07, 6.45) is 4.17. The molecule has 0 aromatic heterocycles. The molecule has 0 radical (unpaired) electrons. The zero-order valence-electron chi connectivity index (χ0n) is 14.2. The fourth-order valence-corrected chi connectivity index (χ4v) is 4.78. The predicted molar refractivity (Wildman–Crippen MR) is 91.4 cm³/mol. The molecular formula is C19H28N2O2. The lowest BCUT2D eigenvalue weighted by Crippen LogP contribution is -2.59. The fraction of sp³-hybridized carbons (Fsp3) is 0.632. The van der Waals surface area contributed by atoms with Gasteiger partial charge in [-0.2, -0.15) is 0 Å². The highest BCUT2D eigenvalue weighted by molar-refractivity contribution is 5.67. The largest absolute Gasteiger partial charge is 0.465 e. The lowest BCUT2D eigenvalue weighted by atomic mass is 9.79. The van der Waals surface area contributed by atoms with E-state index in [0.29, 0.717) is 12.0 Å². The Morgan fingerprint density at radius 2 is 2.13 bits per heavy atom. The van der Waals surface area contributed by atoms with Crippen LogP contribution in [0.25, 0.3) is 0 Å². The Balaban J connectivity index is 1.70. The van der Waals surface area contributed by atoms with Crippen molar-refractivity contribution in [2.75, 3.05) is 0 Å². The molecule has 0 spiro atoms. The van der Waals surface area contributed by atoms with Crippen LogP contribution in [-0.2, 0) is 6.54 Å². The Morgan fingerprint density at radius 1 is 1.39 bits per heavy atom. The average Bonchev–Trinajstić information content (AvgIpc) is 2.73. The zero-order valence-corrected chi connectivity index (χ0v) is 14.2. The highest BCUT2D eigenvalue weighted by Gasteiger charge is 2.53. The number of carboxylic acid groups (broad SMARTS) is 1. The SMILES string of the molecule is CC(C)CC12CCC(CC(NCc3ccccc3)C1)N2C(=O)O. The third-order valence-electron chi connectivity index (χ3n) is 5.43. The highest BCUT2D eigenvalue weighted by Crippen LogP contribution is 2.47. The molecule has 4 nitrogen and oxygen atoms in total. The molecule has 2 aliphatic heterocycles.